The fourth-order valence-corrected chi connectivity index (χ4v) is 2.36. The number of carboxylic acid groups (broad SMARTS) is 1. The van der Waals surface area contributed by atoms with E-state index >= 15 is 0 Å². The van der Waals surface area contributed by atoms with Gasteiger partial charge in [0.15, 0.2) is 0 Å². The standard InChI is InChI=1S/C10H16.CH2O2/c1-2-6-10-8-4-3-7-9(10)5-1;2-1-3/h5,10H,1-4,6-8H2;1H,(H,2,3). The van der Waals surface area contributed by atoms with Crippen molar-refractivity contribution in [1.82, 2.24) is 0 Å². The van der Waals surface area contributed by atoms with E-state index in [9.17, 15) is 0 Å². The summed E-state index contributed by atoms with van der Waals surface area (Å²) in [6.45, 7) is -0.250. The predicted octanol–water partition coefficient (Wildman–Crippen LogP) is 2.99. The molecule has 2 heteroatoms. The highest BCUT2D eigenvalue weighted by Crippen LogP contribution is 2.36. The largest absolute Gasteiger partial charge is 0.483 e. The zero-order valence-corrected chi connectivity index (χ0v) is 8.04. The molecule has 2 rings (SSSR count). The lowest BCUT2D eigenvalue weighted by atomic mass is 9.78. The third-order valence-corrected chi connectivity index (χ3v) is 2.96. The van der Waals surface area contributed by atoms with Crippen LogP contribution >= 0.6 is 0 Å². The van der Waals surface area contributed by atoms with Crippen molar-refractivity contribution in [3.05, 3.63) is 11.6 Å². The maximum atomic E-state index is 8.36. The van der Waals surface area contributed by atoms with Crippen LogP contribution in [0, 0.1) is 5.92 Å². The summed E-state index contributed by atoms with van der Waals surface area (Å²) in [5, 5.41) is 6.89. The van der Waals surface area contributed by atoms with Crippen LogP contribution in [0.15, 0.2) is 11.6 Å². The van der Waals surface area contributed by atoms with Gasteiger partial charge in [-0.15, -0.1) is 0 Å². The first kappa shape index (κ1) is 10.3. The van der Waals surface area contributed by atoms with Crippen LogP contribution in [0.25, 0.3) is 0 Å². The molecule has 1 fully saturated rings. The van der Waals surface area contributed by atoms with Gasteiger partial charge in [-0.1, -0.05) is 18.1 Å². The molecule has 74 valence electrons. The molecule has 1 unspecified atom stereocenters. The van der Waals surface area contributed by atoms with Crippen molar-refractivity contribution in [2.24, 2.45) is 5.92 Å². The van der Waals surface area contributed by atoms with Gasteiger partial charge in [-0.25, -0.2) is 0 Å². The van der Waals surface area contributed by atoms with Gasteiger partial charge >= 0.3 is 0 Å². The quantitative estimate of drug-likeness (QED) is 0.462. The van der Waals surface area contributed by atoms with Gasteiger partial charge in [-0.05, 0) is 44.4 Å². The molecule has 1 saturated carbocycles. The Morgan fingerprint density at radius 3 is 2.69 bits per heavy atom. The van der Waals surface area contributed by atoms with Crippen molar-refractivity contribution in [2.45, 2.75) is 44.9 Å². The predicted molar refractivity (Wildman–Crippen MR) is 52.6 cm³/mol. The molecule has 1 atom stereocenters. The molecule has 0 aromatic rings. The van der Waals surface area contributed by atoms with Gasteiger partial charge in [0.05, 0.1) is 0 Å². The molecule has 2 aliphatic rings. The molecule has 0 saturated heterocycles. The van der Waals surface area contributed by atoms with Crippen LogP contribution in [-0.2, 0) is 4.79 Å². The lowest BCUT2D eigenvalue weighted by Crippen LogP contribution is -2.12. The molecule has 0 heterocycles. The molecule has 0 aromatic carbocycles. The van der Waals surface area contributed by atoms with E-state index in [-0.39, 0.29) is 6.47 Å². The molecule has 0 aliphatic heterocycles. The average molecular weight is 182 g/mol. The molecule has 1 N–H and O–H groups in total. The number of allylic oxidation sites excluding steroid dienone is 2. The Labute approximate surface area is 79.6 Å². The van der Waals surface area contributed by atoms with E-state index in [0.717, 1.165) is 5.92 Å². The highest BCUT2D eigenvalue weighted by Gasteiger charge is 2.20. The van der Waals surface area contributed by atoms with Crippen LogP contribution in [0.4, 0.5) is 0 Å². The van der Waals surface area contributed by atoms with Crippen molar-refractivity contribution in [3.8, 4) is 0 Å². The van der Waals surface area contributed by atoms with Gasteiger partial charge < -0.3 is 5.11 Å². The monoisotopic (exact) mass is 182 g/mol. The lowest BCUT2D eigenvalue weighted by molar-refractivity contribution is -0.122. The average Bonchev–Trinajstić information content (AvgIpc) is 2.19. The SMILES string of the molecule is C1=C2CCCCC2CCC1.O=CO. The Morgan fingerprint density at radius 2 is 2.00 bits per heavy atom. The smallest absolute Gasteiger partial charge is 0.290 e. The minimum atomic E-state index is -0.250. The normalized spacial score (nSPS) is 26.2. The van der Waals surface area contributed by atoms with Crippen molar-refractivity contribution in [3.63, 3.8) is 0 Å². The Balaban J connectivity index is 0.000000251. The fourth-order valence-electron chi connectivity index (χ4n) is 2.36. The highest BCUT2D eigenvalue weighted by atomic mass is 16.3. The zero-order chi connectivity index (χ0) is 9.52. The molecule has 0 aromatic heterocycles. The number of hydrogen-bond acceptors (Lipinski definition) is 1. The van der Waals surface area contributed by atoms with Crippen LogP contribution < -0.4 is 0 Å². The van der Waals surface area contributed by atoms with Gasteiger partial charge in [0, 0.05) is 0 Å². The Hall–Kier alpha value is -0.790. The van der Waals surface area contributed by atoms with Crippen LogP contribution in [0.5, 0.6) is 0 Å². The zero-order valence-electron chi connectivity index (χ0n) is 8.04. The first-order valence-electron chi connectivity index (χ1n) is 5.15. The van der Waals surface area contributed by atoms with E-state index in [1.165, 1.54) is 44.9 Å². The number of carbonyl (C=O) groups is 1. The van der Waals surface area contributed by atoms with Crippen LogP contribution in [0.2, 0.25) is 0 Å². The number of fused-ring (bicyclic) bond motifs is 1. The second-order valence-corrected chi connectivity index (χ2v) is 3.76. The second-order valence-electron chi connectivity index (χ2n) is 3.76. The van der Waals surface area contributed by atoms with E-state index in [1.807, 2.05) is 0 Å². The van der Waals surface area contributed by atoms with Crippen molar-refractivity contribution >= 4 is 6.47 Å². The topological polar surface area (TPSA) is 37.3 Å². The highest BCUT2D eigenvalue weighted by molar-refractivity contribution is 5.32. The van der Waals surface area contributed by atoms with Crippen LogP contribution in [0.1, 0.15) is 44.9 Å². The maximum Gasteiger partial charge on any atom is 0.290 e. The van der Waals surface area contributed by atoms with Crippen molar-refractivity contribution < 1.29 is 9.90 Å². The van der Waals surface area contributed by atoms with Crippen molar-refractivity contribution in [2.75, 3.05) is 0 Å². The third-order valence-electron chi connectivity index (χ3n) is 2.96. The molecule has 0 bridgehead atoms. The van der Waals surface area contributed by atoms with Gasteiger partial charge in [0.25, 0.3) is 6.47 Å². The number of rotatable bonds is 0. The summed E-state index contributed by atoms with van der Waals surface area (Å²) in [6, 6.07) is 0. The third kappa shape index (κ3) is 3.21. The lowest BCUT2D eigenvalue weighted by Gasteiger charge is -2.28. The summed E-state index contributed by atoms with van der Waals surface area (Å²) >= 11 is 0. The summed E-state index contributed by atoms with van der Waals surface area (Å²) < 4.78 is 0. The summed E-state index contributed by atoms with van der Waals surface area (Å²) in [6.07, 6.45) is 12.7. The van der Waals surface area contributed by atoms with E-state index in [0.29, 0.717) is 0 Å². The molecule has 2 aliphatic carbocycles. The molecule has 0 spiro atoms. The molecular weight excluding hydrogens is 164 g/mol. The van der Waals surface area contributed by atoms with Gasteiger partial charge in [-0.2, -0.15) is 0 Å². The molecule has 0 radical (unpaired) electrons. The minimum absolute atomic E-state index is 0.250. The maximum absolute atomic E-state index is 8.36. The minimum Gasteiger partial charge on any atom is -0.483 e. The van der Waals surface area contributed by atoms with Gasteiger partial charge in [-0.3, -0.25) is 4.79 Å². The summed E-state index contributed by atoms with van der Waals surface area (Å²) in [5.74, 6) is 1.02. The van der Waals surface area contributed by atoms with E-state index in [4.69, 9.17) is 9.90 Å². The van der Waals surface area contributed by atoms with E-state index in [1.54, 1.807) is 5.57 Å². The van der Waals surface area contributed by atoms with Crippen molar-refractivity contribution in [1.29, 1.82) is 0 Å². The van der Waals surface area contributed by atoms with Crippen LogP contribution in [0.3, 0.4) is 0 Å². The number of hydrogen-bond donors (Lipinski definition) is 1. The summed E-state index contributed by atoms with van der Waals surface area (Å²) in [7, 11) is 0. The molecular formula is C11H18O2. The molecule has 0 amide bonds. The van der Waals surface area contributed by atoms with E-state index < -0.39 is 0 Å². The molecule has 2 nitrogen and oxygen atoms in total. The second kappa shape index (κ2) is 5.79. The van der Waals surface area contributed by atoms with Gasteiger partial charge in [0.2, 0.25) is 0 Å². The first-order chi connectivity index (χ1) is 6.38. The molecule has 13 heavy (non-hydrogen) atoms. The summed E-state index contributed by atoms with van der Waals surface area (Å²) in [5.41, 5.74) is 1.80. The Bertz CT molecular complexity index is 185. The first-order valence-corrected chi connectivity index (χ1v) is 5.15. The Morgan fingerprint density at radius 1 is 1.31 bits per heavy atom. The van der Waals surface area contributed by atoms with E-state index in [2.05, 4.69) is 6.08 Å². The van der Waals surface area contributed by atoms with Crippen LogP contribution in [-0.4, -0.2) is 11.6 Å². The summed E-state index contributed by atoms with van der Waals surface area (Å²) in [4.78, 5) is 8.36. The fraction of sp³-hybridized carbons (Fsp3) is 0.727. The van der Waals surface area contributed by atoms with Gasteiger partial charge in [0.1, 0.15) is 0 Å². The Kier molecular flexibility index (Phi) is 4.58.